The smallest absolute Gasteiger partial charge is 0.254 e. The van der Waals surface area contributed by atoms with E-state index in [1.54, 1.807) is 18.2 Å². The standard InChI is InChI=1S/C19H24N2O6S/c1-20-19(22)14-11-13(9-10-18(14)27-5)28(23,24)21(2)12-15-16(25-3)7-6-8-17(15)26-4/h6-11H,12H2,1-5H3,(H,20,22). The van der Waals surface area contributed by atoms with E-state index < -0.39 is 15.9 Å². The Morgan fingerprint density at radius 2 is 1.57 bits per heavy atom. The molecule has 0 bridgehead atoms. The molecule has 8 nitrogen and oxygen atoms in total. The number of rotatable bonds is 8. The predicted octanol–water partition coefficient (Wildman–Crippen LogP) is 1.89. The Morgan fingerprint density at radius 1 is 1.00 bits per heavy atom. The molecule has 0 spiro atoms. The third-order valence-electron chi connectivity index (χ3n) is 4.26. The van der Waals surface area contributed by atoms with Crippen LogP contribution in [0, 0.1) is 0 Å². The van der Waals surface area contributed by atoms with E-state index in [0.29, 0.717) is 17.1 Å². The summed E-state index contributed by atoms with van der Waals surface area (Å²) in [5.74, 6) is 0.875. The molecule has 152 valence electrons. The summed E-state index contributed by atoms with van der Waals surface area (Å²) < 4.78 is 43.1. The summed E-state index contributed by atoms with van der Waals surface area (Å²) in [5.41, 5.74) is 0.730. The van der Waals surface area contributed by atoms with Gasteiger partial charge in [0.15, 0.2) is 0 Å². The molecular weight excluding hydrogens is 384 g/mol. The molecule has 0 radical (unpaired) electrons. The lowest BCUT2D eigenvalue weighted by Crippen LogP contribution is -2.27. The van der Waals surface area contributed by atoms with Crippen LogP contribution in [0.1, 0.15) is 15.9 Å². The molecular formula is C19H24N2O6S. The lowest BCUT2D eigenvalue weighted by atomic mass is 10.1. The highest BCUT2D eigenvalue weighted by Crippen LogP contribution is 2.31. The van der Waals surface area contributed by atoms with Crippen LogP contribution in [0.15, 0.2) is 41.3 Å². The van der Waals surface area contributed by atoms with Crippen molar-refractivity contribution in [1.29, 1.82) is 0 Å². The minimum Gasteiger partial charge on any atom is -0.496 e. The van der Waals surface area contributed by atoms with Crippen molar-refractivity contribution < 1.29 is 27.4 Å². The molecule has 0 aliphatic carbocycles. The number of amides is 1. The molecule has 2 rings (SSSR count). The third kappa shape index (κ3) is 4.20. The van der Waals surface area contributed by atoms with Crippen LogP contribution in [0.2, 0.25) is 0 Å². The number of hydrogen-bond acceptors (Lipinski definition) is 6. The van der Waals surface area contributed by atoms with E-state index in [2.05, 4.69) is 5.32 Å². The zero-order chi connectivity index (χ0) is 20.9. The van der Waals surface area contributed by atoms with Gasteiger partial charge in [-0.05, 0) is 30.3 Å². The molecule has 2 aromatic carbocycles. The van der Waals surface area contributed by atoms with E-state index in [0.717, 1.165) is 0 Å². The Hall–Kier alpha value is -2.78. The maximum atomic E-state index is 13.1. The molecule has 0 saturated carbocycles. The lowest BCUT2D eigenvalue weighted by Gasteiger charge is -2.21. The number of carbonyl (C=O) groups excluding carboxylic acids is 1. The number of carbonyl (C=O) groups is 1. The van der Waals surface area contributed by atoms with Crippen molar-refractivity contribution in [2.24, 2.45) is 0 Å². The maximum absolute atomic E-state index is 13.1. The van der Waals surface area contributed by atoms with Crippen molar-refractivity contribution >= 4 is 15.9 Å². The molecule has 0 aliphatic heterocycles. The quantitative estimate of drug-likeness (QED) is 0.717. The van der Waals surface area contributed by atoms with E-state index in [1.165, 1.54) is 57.9 Å². The summed E-state index contributed by atoms with van der Waals surface area (Å²) in [7, 11) is 3.45. The average Bonchev–Trinajstić information content (AvgIpc) is 2.72. The van der Waals surface area contributed by atoms with Crippen LogP contribution < -0.4 is 19.5 Å². The molecule has 2 aromatic rings. The van der Waals surface area contributed by atoms with Gasteiger partial charge in [-0.1, -0.05) is 6.07 Å². The van der Waals surface area contributed by atoms with Crippen LogP contribution in [0.25, 0.3) is 0 Å². The molecule has 0 aromatic heterocycles. The van der Waals surface area contributed by atoms with Crippen LogP contribution in [-0.4, -0.2) is 54.1 Å². The number of methoxy groups -OCH3 is 3. The van der Waals surface area contributed by atoms with Crippen LogP contribution in [0.4, 0.5) is 0 Å². The Balaban J connectivity index is 2.44. The van der Waals surface area contributed by atoms with Gasteiger partial charge in [0.25, 0.3) is 5.91 Å². The summed E-state index contributed by atoms with van der Waals surface area (Å²) >= 11 is 0. The summed E-state index contributed by atoms with van der Waals surface area (Å²) in [4.78, 5) is 12.0. The SMILES string of the molecule is CNC(=O)c1cc(S(=O)(=O)N(C)Cc2c(OC)cccc2OC)ccc1OC. The first-order valence-corrected chi connectivity index (χ1v) is 9.80. The van der Waals surface area contributed by atoms with Gasteiger partial charge in [0.2, 0.25) is 10.0 Å². The molecule has 0 atom stereocenters. The predicted molar refractivity (Wildman–Crippen MR) is 105 cm³/mol. The molecule has 0 aliphatic rings. The number of nitrogens with one attached hydrogen (secondary N) is 1. The van der Waals surface area contributed by atoms with Gasteiger partial charge in [0.05, 0.1) is 37.4 Å². The van der Waals surface area contributed by atoms with Crippen molar-refractivity contribution in [3.05, 3.63) is 47.5 Å². The normalized spacial score (nSPS) is 11.2. The fourth-order valence-corrected chi connectivity index (χ4v) is 3.90. The van der Waals surface area contributed by atoms with E-state index in [9.17, 15) is 13.2 Å². The first kappa shape index (κ1) is 21.5. The minimum absolute atomic E-state index is 0.0247. The average molecular weight is 408 g/mol. The first-order chi connectivity index (χ1) is 13.3. The van der Waals surface area contributed by atoms with Gasteiger partial charge >= 0.3 is 0 Å². The number of ether oxygens (including phenoxy) is 3. The second-order valence-corrected chi connectivity index (χ2v) is 7.89. The number of sulfonamides is 1. The van der Waals surface area contributed by atoms with Gasteiger partial charge in [-0.25, -0.2) is 8.42 Å². The maximum Gasteiger partial charge on any atom is 0.254 e. The summed E-state index contributed by atoms with van der Waals surface area (Å²) in [6.07, 6.45) is 0. The highest BCUT2D eigenvalue weighted by atomic mass is 32.2. The zero-order valence-electron chi connectivity index (χ0n) is 16.5. The Labute approximate surface area is 165 Å². The summed E-state index contributed by atoms with van der Waals surface area (Å²) in [5, 5.41) is 2.47. The van der Waals surface area contributed by atoms with E-state index in [1.807, 2.05) is 0 Å². The van der Waals surface area contributed by atoms with Crippen molar-refractivity contribution in [1.82, 2.24) is 9.62 Å². The van der Waals surface area contributed by atoms with Gasteiger partial charge in [0, 0.05) is 20.6 Å². The highest BCUT2D eigenvalue weighted by molar-refractivity contribution is 7.89. The van der Waals surface area contributed by atoms with Gasteiger partial charge in [-0.3, -0.25) is 4.79 Å². The Bertz CT molecular complexity index is 937. The van der Waals surface area contributed by atoms with Gasteiger partial charge < -0.3 is 19.5 Å². The molecule has 0 fully saturated rings. The van der Waals surface area contributed by atoms with Gasteiger partial charge in [-0.15, -0.1) is 0 Å². The Kier molecular flexibility index (Phi) is 6.87. The van der Waals surface area contributed by atoms with E-state index >= 15 is 0 Å². The van der Waals surface area contributed by atoms with Crippen LogP contribution in [0.5, 0.6) is 17.2 Å². The number of benzene rings is 2. The molecule has 1 amide bonds. The van der Waals surface area contributed by atoms with Crippen molar-refractivity contribution in [3.63, 3.8) is 0 Å². The second-order valence-electron chi connectivity index (χ2n) is 5.84. The monoisotopic (exact) mass is 408 g/mol. The fourth-order valence-electron chi connectivity index (χ4n) is 2.73. The summed E-state index contributed by atoms with van der Waals surface area (Å²) in [6.45, 7) is 0.0247. The van der Waals surface area contributed by atoms with Gasteiger partial charge in [0.1, 0.15) is 17.2 Å². The van der Waals surface area contributed by atoms with Crippen molar-refractivity contribution in [3.8, 4) is 17.2 Å². The zero-order valence-corrected chi connectivity index (χ0v) is 17.3. The minimum atomic E-state index is -3.89. The molecule has 9 heteroatoms. The summed E-state index contributed by atoms with van der Waals surface area (Å²) in [6, 6.07) is 9.37. The molecule has 0 saturated heterocycles. The molecule has 0 unspecified atom stereocenters. The fraction of sp³-hybridized carbons (Fsp3) is 0.316. The van der Waals surface area contributed by atoms with Crippen molar-refractivity contribution in [2.75, 3.05) is 35.4 Å². The van der Waals surface area contributed by atoms with E-state index in [-0.39, 0.29) is 22.8 Å². The van der Waals surface area contributed by atoms with Crippen LogP contribution in [-0.2, 0) is 16.6 Å². The highest BCUT2D eigenvalue weighted by Gasteiger charge is 2.25. The number of nitrogens with zero attached hydrogens (tertiary/aromatic N) is 1. The van der Waals surface area contributed by atoms with Crippen molar-refractivity contribution in [2.45, 2.75) is 11.4 Å². The van der Waals surface area contributed by atoms with Crippen LogP contribution >= 0.6 is 0 Å². The largest absolute Gasteiger partial charge is 0.496 e. The van der Waals surface area contributed by atoms with Crippen LogP contribution in [0.3, 0.4) is 0 Å². The molecule has 28 heavy (non-hydrogen) atoms. The molecule has 0 heterocycles. The Morgan fingerprint density at radius 3 is 2.07 bits per heavy atom. The van der Waals surface area contributed by atoms with E-state index in [4.69, 9.17) is 14.2 Å². The topological polar surface area (TPSA) is 94.2 Å². The third-order valence-corrected chi connectivity index (χ3v) is 6.06. The second kappa shape index (κ2) is 8.94. The lowest BCUT2D eigenvalue weighted by molar-refractivity contribution is 0.0960. The number of hydrogen-bond donors (Lipinski definition) is 1. The molecule has 1 N–H and O–H groups in total. The first-order valence-electron chi connectivity index (χ1n) is 8.36. The van der Waals surface area contributed by atoms with Gasteiger partial charge in [-0.2, -0.15) is 4.31 Å².